The summed E-state index contributed by atoms with van der Waals surface area (Å²) in [7, 11) is 3.49. The van der Waals surface area contributed by atoms with Gasteiger partial charge in [-0.1, -0.05) is 42.8 Å². The molecule has 0 radical (unpaired) electrons. The zero-order chi connectivity index (χ0) is 24.3. The van der Waals surface area contributed by atoms with Crippen LogP contribution in [-0.4, -0.2) is 56.6 Å². The minimum Gasteiger partial charge on any atom is -0.371 e. The van der Waals surface area contributed by atoms with Gasteiger partial charge >= 0.3 is 0 Å². The second-order valence-electron chi connectivity index (χ2n) is 9.07. The number of benzene rings is 2. The van der Waals surface area contributed by atoms with Crippen molar-refractivity contribution in [1.29, 1.82) is 0 Å². The lowest BCUT2D eigenvalue weighted by molar-refractivity contribution is -0.126. The van der Waals surface area contributed by atoms with Gasteiger partial charge in [0.1, 0.15) is 12.6 Å². The smallest absolute Gasteiger partial charge is 0.237 e. The maximum Gasteiger partial charge on any atom is 0.237 e. The van der Waals surface area contributed by atoms with Crippen LogP contribution in [0, 0.1) is 0 Å². The van der Waals surface area contributed by atoms with Crippen molar-refractivity contribution in [2.75, 3.05) is 32.1 Å². The molecule has 0 saturated carbocycles. The molecule has 3 rings (SSSR count). The second kappa shape index (κ2) is 13.0. The molecule has 6 heteroatoms. The molecule has 0 bridgehead atoms. The number of rotatable bonds is 14. The average Bonchev–Trinajstić information content (AvgIpc) is 3.27. The maximum absolute atomic E-state index is 12.4. The highest BCUT2D eigenvalue weighted by Crippen LogP contribution is 2.27. The number of carbonyl (C=O) groups excluding carboxylic acids is 3. The van der Waals surface area contributed by atoms with E-state index in [9.17, 15) is 14.4 Å². The molecule has 34 heavy (non-hydrogen) atoms. The van der Waals surface area contributed by atoms with Gasteiger partial charge in [0.2, 0.25) is 5.91 Å². The lowest BCUT2D eigenvalue weighted by Gasteiger charge is -2.27. The molecule has 2 aromatic rings. The number of nitrogens with zero attached hydrogens (tertiary/aromatic N) is 2. The molecule has 0 aromatic heterocycles. The van der Waals surface area contributed by atoms with Crippen molar-refractivity contribution in [2.45, 2.75) is 57.5 Å². The van der Waals surface area contributed by atoms with E-state index in [-0.39, 0.29) is 5.91 Å². The summed E-state index contributed by atoms with van der Waals surface area (Å²) in [5.74, 6) is -0.113. The van der Waals surface area contributed by atoms with E-state index >= 15 is 0 Å². The molecule has 0 fully saturated rings. The van der Waals surface area contributed by atoms with Crippen LogP contribution in [0.3, 0.4) is 0 Å². The zero-order valence-corrected chi connectivity index (χ0v) is 20.5. The number of aldehydes is 2. The number of aryl methyl sites for hydroxylation is 1. The molecule has 0 aliphatic carbocycles. The number of hydrogen-bond donors (Lipinski definition) is 1. The number of carbonyl (C=O) groups is 3. The molecule has 1 aliphatic rings. The van der Waals surface area contributed by atoms with Crippen molar-refractivity contribution in [1.82, 2.24) is 10.2 Å². The number of nitrogens with one attached hydrogen (secondary N) is 1. The Hall–Kier alpha value is -2.99. The fraction of sp³-hybridized carbons (Fsp3) is 0.464. The molecular weight excluding hydrogens is 426 g/mol. The maximum atomic E-state index is 12.4. The number of unbranched alkanes of at least 4 members (excludes halogenated alkanes) is 2. The van der Waals surface area contributed by atoms with Crippen LogP contribution in [0.2, 0.25) is 0 Å². The summed E-state index contributed by atoms with van der Waals surface area (Å²) >= 11 is 0. The van der Waals surface area contributed by atoms with Crippen LogP contribution in [-0.2, 0) is 29.0 Å². The van der Waals surface area contributed by atoms with Crippen molar-refractivity contribution in [3.05, 3.63) is 64.7 Å². The minimum absolute atomic E-state index is 0.113. The van der Waals surface area contributed by atoms with Crippen LogP contribution < -0.4 is 10.2 Å². The number of amides is 1. The van der Waals surface area contributed by atoms with Crippen LogP contribution in [0.25, 0.3) is 0 Å². The van der Waals surface area contributed by atoms with Gasteiger partial charge in [0.25, 0.3) is 0 Å². The molecule has 0 saturated heterocycles. The molecular formula is C28H37N3O3. The number of likely N-dealkylation sites (N-methyl/N-ethyl adjacent to an activating group) is 2. The number of para-hydroxylation sites is 1. The van der Waals surface area contributed by atoms with Crippen LogP contribution >= 0.6 is 0 Å². The first-order valence-corrected chi connectivity index (χ1v) is 12.3. The van der Waals surface area contributed by atoms with E-state index in [1.807, 2.05) is 24.1 Å². The van der Waals surface area contributed by atoms with Gasteiger partial charge in [-0.3, -0.25) is 14.5 Å². The normalized spacial score (nSPS) is 13.6. The molecule has 1 atom stereocenters. The third-order valence-electron chi connectivity index (χ3n) is 6.84. The Kier molecular flexibility index (Phi) is 9.83. The Balaban J connectivity index is 1.58. The summed E-state index contributed by atoms with van der Waals surface area (Å²) in [6.45, 7) is 2.67. The molecule has 182 valence electrons. The summed E-state index contributed by atoms with van der Waals surface area (Å²) in [6.07, 6.45) is 7.88. The largest absolute Gasteiger partial charge is 0.371 e. The Morgan fingerprint density at radius 3 is 2.71 bits per heavy atom. The third kappa shape index (κ3) is 6.54. The Morgan fingerprint density at radius 2 is 1.94 bits per heavy atom. The molecule has 6 nitrogen and oxygen atoms in total. The molecule has 2 aromatic carbocycles. The summed E-state index contributed by atoms with van der Waals surface area (Å²) in [5, 5.41) is 2.69. The fourth-order valence-corrected chi connectivity index (χ4v) is 4.93. The molecule has 1 heterocycles. The summed E-state index contributed by atoms with van der Waals surface area (Å²) in [4.78, 5) is 39.4. The predicted molar refractivity (Wildman–Crippen MR) is 136 cm³/mol. The van der Waals surface area contributed by atoms with E-state index < -0.39 is 6.04 Å². The van der Waals surface area contributed by atoms with Crippen molar-refractivity contribution in [2.24, 2.45) is 0 Å². The monoisotopic (exact) mass is 463 g/mol. The van der Waals surface area contributed by atoms with Gasteiger partial charge < -0.3 is 15.0 Å². The Morgan fingerprint density at radius 1 is 1.12 bits per heavy atom. The van der Waals surface area contributed by atoms with Crippen molar-refractivity contribution in [3.63, 3.8) is 0 Å². The van der Waals surface area contributed by atoms with Gasteiger partial charge in [0.05, 0.1) is 6.04 Å². The SMILES string of the molecule is CNC(=O)C(CCC=O)N(C)Cc1c(C=O)cccc1CCCCCN1CCc2ccccc21. The average molecular weight is 464 g/mol. The fourth-order valence-electron chi connectivity index (χ4n) is 4.93. The van der Waals surface area contributed by atoms with E-state index in [0.717, 1.165) is 68.9 Å². The first-order valence-electron chi connectivity index (χ1n) is 12.3. The standard InChI is InChI=1S/C28H37N3O3/c1-29-28(34)27(15-9-19-32)30(2)20-25-22(12-8-13-24(25)21-33)10-4-3-7-17-31-18-16-23-11-5-6-14-26(23)31/h5-6,8,11-14,19,21,27H,3-4,7,9-10,15-18,20H2,1-2H3,(H,29,34). The van der Waals surface area contributed by atoms with E-state index in [1.54, 1.807) is 7.05 Å². The quantitative estimate of drug-likeness (QED) is 0.341. The van der Waals surface area contributed by atoms with Crippen molar-refractivity contribution < 1.29 is 14.4 Å². The summed E-state index contributed by atoms with van der Waals surface area (Å²) < 4.78 is 0. The number of fused-ring (bicyclic) bond motifs is 1. The highest BCUT2D eigenvalue weighted by Gasteiger charge is 2.23. The Labute approximate surface area is 203 Å². The summed E-state index contributed by atoms with van der Waals surface area (Å²) in [6, 6.07) is 14.1. The number of hydrogen-bond acceptors (Lipinski definition) is 5. The van der Waals surface area contributed by atoms with E-state index in [2.05, 4.69) is 40.5 Å². The van der Waals surface area contributed by atoms with Gasteiger partial charge in [-0.2, -0.15) is 0 Å². The van der Waals surface area contributed by atoms with Crippen LogP contribution in [0.4, 0.5) is 5.69 Å². The molecule has 1 aliphatic heterocycles. The van der Waals surface area contributed by atoms with Crippen molar-refractivity contribution in [3.8, 4) is 0 Å². The third-order valence-corrected chi connectivity index (χ3v) is 6.84. The number of anilines is 1. The van der Waals surface area contributed by atoms with Gasteiger partial charge in [-0.05, 0) is 61.9 Å². The topological polar surface area (TPSA) is 69.7 Å². The lowest BCUT2D eigenvalue weighted by Crippen LogP contribution is -2.44. The van der Waals surface area contributed by atoms with Gasteiger partial charge in [0.15, 0.2) is 0 Å². The molecule has 1 N–H and O–H groups in total. The molecule has 1 unspecified atom stereocenters. The molecule has 0 spiro atoms. The molecule has 1 amide bonds. The van der Waals surface area contributed by atoms with Gasteiger partial charge in [0, 0.05) is 44.4 Å². The van der Waals surface area contributed by atoms with E-state index in [4.69, 9.17) is 0 Å². The summed E-state index contributed by atoms with van der Waals surface area (Å²) in [5.41, 5.74) is 5.64. The first-order chi connectivity index (χ1) is 16.6. The second-order valence-corrected chi connectivity index (χ2v) is 9.07. The highest BCUT2D eigenvalue weighted by molar-refractivity contribution is 5.82. The van der Waals surface area contributed by atoms with E-state index in [1.165, 1.54) is 11.3 Å². The van der Waals surface area contributed by atoms with E-state index in [0.29, 0.717) is 24.9 Å². The predicted octanol–water partition coefficient (Wildman–Crippen LogP) is 3.80. The first kappa shape index (κ1) is 25.6. The van der Waals surface area contributed by atoms with Crippen molar-refractivity contribution >= 4 is 24.2 Å². The van der Waals surface area contributed by atoms with Crippen LogP contribution in [0.1, 0.15) is 59.2 Å². The Bertz CT molecular complexity index is 975. The zero-order valence-electron chi connectivity index (χ0n) is 20.5. The highest BCUT2D eigenvalue weighted by atomic mass is 16.2. The van der Waals surface area contributed by atoms with Gasteiger partial charge in [-0.25, -0.2) is 0 Å². The van der Waals surface area contributed by atoms with Gasteiger partial charge in [-0.15, -0.1) is 0 Å². The van der Waals surface area contributed by atoms with Crippen LogP contribution in [0.15, 0.2) is 42.5 Å². The lowest BCUT2D eigenvalue weighted by atomic mass is 9.96. The minimum atomic E-state index is -0.411. The van der Waals surface area contributed by atoms with Crippen LogP contribution in [0.5, 0.6) is 0 Å².